The van der Waals surface area contributed by atoms with Crippen LogP contribution in [-0.2, 0) is 10.0 Å². The van der Waals surface area contributed by atoms with Gasteiger partial charge in [-0.2, -0.15) is 12.2 Å². The van der Waals surface area contributed by atoms with Crippen LogP contribution in [0.2, 0.25) is 0 Å². The van der Waals surface area contributed by atoms with Crippen LogP contribution in [0, 0.1) is 6.92 Å². The van der Waals surface area contributed by atoms with E-state index in [4.69, 9.17) is 17.5 Å². The molecule has 0 bridgehead atoms. The van der Waals surface area contributed by atoms with E-state index in [9.17, 15) is 8.42 Å². The van der Waals surface area contributed by atoms with E-state index in [1.165, 1.54) is 6.07 Å². The maximum Gasteiger partial charge on any atom is 0.278 e. The number of hydrogen-bond donors (Lipinski definition) is 2. The van der Waals surface area contributed by atoms with Crippen molar-refractivity contribution in [2.24, 2.45) is 0 Å². The van der Waals surface area contributed by atoms with Crippen molar-refractivity contribution in [1.29, 1.82) is 0 Å². The second kappa shape index (κ2) is 7.73. The van der Waals surface area contributed by atoms with Gasteiger partial charge in [0.15, 0.2) is 0 Å². The van der Waals surface area contributed by atoms with E-state index in [2.05, 4.69) is 10.2 Å². The molecule has 0 saturated carbocycles. The van der Waals surface area contributed by atoms with Crippen molar-refractivity contribution in [1.82, 2.24) is 5.32 Å². The monoisotopic (exact) mass is 394 g/mol. The van der Waals surface area contributed by atoms with Gasteiger partial charge < -0.3 is 16.0 Å². The van der Waals surface area contributed by atoms with Crippen molar-refractivity contribution < 1.29 is 8.42 Å². The van der Waals surface area contributed by atoms with E-state index in [1.807, 2.05) is 19.1 Å². The number of halogens is 1. The number of nitrogens with two attached hydrogens (primary N) is 1. The number of nitrogens with one attached hydrogen (secondary N) is 1. The molecule has 140 valence electrons. The Balaban J connectivity index is 1.88. The van der Waals surface area contributed by atoms with Gasteiger partial charge in [-0.25, -0.2) is 0 Å². The molecule has 0 radical (unpaired) electrons. The van der Waals surface area contributed by atoms with E-state index >= 15 is 0 Å². The number of sulfonamides is 1. The first-order chi connectivity index (χ1) is 12.4. The molecule has 1 saturated heterocycles. The predicted octanol–water partition coefficient (Wildman–Crippen LogP) is 2.73. The van der Waals surface area contributed by atoms with Gasteiger partial charge in [-0.1, -0.05) is 17.7 Å². The molecule has 0 atom stereocenters. The molecule has 3 N–H and O–H groups in total. The van der Waals surface area contributed by atoms with Crippen LogP contribution in [0.15, 0.2) is 47.4 Å². The van der Waals surface area contributed by atoms with Gasteiger partial charge in [-0.15, -0.1) is 0 Å². The standard InChI is InChI=1S/C18H23ClN4O2S/c1-14-3-5-15(6-4-14)23(19)26(24,25)16-7-8-18(17(20)13-16)22-11-2-9-21-10-12-22/h3-8,13,21H,2,9-12,20H2,1H3. The Hall–Kier alpha value is -1.96. The second-order valence-corrected chi connectivity index (χ2v) is 8.69. The number of rotatable bonds is 4. The van der Waals surface area contributed by atoms with Crippen LogP contribution in [0.4, 0.5) is 17.1 Å². The summed E-state index contributed by atoms with van der Waals surface area (Å²) in [5, 5.41) is 3.34. The highest BCUT2D eigenvalue weighted by Gasteiger charge is 2.25. The van der Waals surface area contributed by atoms with Crippen LogP contribution < -0.4 is 19.8 Å². The maximum atomic E-state index is 12.8. The van der Waals surface area contributed by atoms with Crippen molar-refractivity contribution in [3.63, 3.8) is 0 Å². The molecule has 2 aromatic rings. The first kappa shape index (κ1) is 18.8. The van der Waals surface area contributed by atoms with E-state index in [1.54, 1.807) is 24.3 Å². The normalized spacial score (nSPS) is 15.5. The molecule has 0 amide bonds. The Morgan fingerprint density at radius 2 is 1.85 bits per heavy atom. The van der Waals surface area contributed by atoms with E-state index in [0.717, 1.165) is 47.7 Å². The molecule has 0 unspecified atom stereocenters. The lowest BCUT2D eigenvalue weighted by Gasteiger charge is -2.24. The van der Waals surface area contributed by atoms with Gasteiger partial charge in [0.25, 0.3) is 10.0 Å². The summed E-state index contributed by atoms with van der Waals surface area (Å²) in [4.78, 5) is 2.24. The van der Waals surface area contributed by atoms with E-state index in [0.29, 0.717) is 11.4 Å². The summed E-state index contributed by atoms with van der Waals surface area (Å²) in [5.74, 6) is 0. The minimum atomic E-state index is -3.89. The Labute approximate surface area is 159 Å². The van der Waals surface area contributed by atoms with Gasteiger partial charge in [0.2, 0.25) is 0 Å². The molecular formula is C18H23ClN4O2S. The second-order valence-electron chi connectivity index (χ2n) is 6.37. The fraction of sp³-hybridized carbons (Fsp3) is 0.333. The van der Waals surface area contributed by atoms with Crippen LogP contribution in [0.3, 0.4) is 0 Å². The summed E-state index contributed by atoms with van der Waals surface area (Å²) in [6.07, 6.45) is 1.02. The first-order valence-corrected chi connectivity index (χ1v) is 10.3. The van der Waals surface area contributed by atoms with Crippen LogP contribution >= 0.6 is 11.8 Å². The summed E-state index contributed by atoms with van der Waals surface area (Å²) in [5.41, 5.74) is 8.87. The highest BCUT2D eigenvalue weighted by atomic mass is 35.5. The fourth-order valence-electron chi connectivity index (χ4n) is 2.96. The largest absolute Gasteiger partial charge is 0.397 e. The zero-order chi connectivity index (χ0) is 18.7. The summed E-state index contributed by atoms with van der Waals surface area (Å²) < 4.78 is 26.4. The van der Waals surface area contributed by atoms with Gasteiger partial charge in [0.1, 0.15) is 0 Å². The van der Waals surface area contributed by atoms with Crippen molar-refractivity contribution >= 4 is 38.9 Å². The van der Waals surface area contributed by atoms with Crippen LogP contribution in [-0.4, -0.2) is 34.6 Å². The first-order valence-electron chi connectivity index (χ1n) is 8.52. The Bertz CT molecular complexity index is 863. The van der Waals surface area contributed by atoms with Crippen LogP contribution in [0.1, 0.15) is 12.0 Å². The smallest absolute Gasteiger partial charge is 0.278 e. The minimum Gasteiger partial charge on any atom is -0.397 e. The lowest BCUT2D eigenvalue weighted by molar-refractivity contribution is 0.598. The highest BCUT2D eigenvalue weighted by molar-refractivity contribution is 7.94. The third-order valence-corrected chi connectivity index (χ3v) is 6.65. The van der Waals surface area contributed by atoms with Gasteiger partial charge >= 0.3 is 0 Å². The number of benzene rings is 2. The Kier molecular flexibility index (Phi) is 5.60. The topological polar surface area (TPSA) is 78.7 Å². The minimum absolute atomic E-state index is 0.0715. The number of anilines is 3. The summed E-state index contributed by atoms with van der Waals surface area (Å²) >= 11 is 6.13. The van der Waals surface area contributed by atoms with Crippen molar-refractivity contribution in [2.75, 3.05) is 40.6 Å². The van der Waals surface area contributed by atoms with E-state index < -0.39 is 10.0 Å². The van der Waals surface area contributed by atoms with Gasteiger partial charge in [0.05, 0.1) is 22.0 Å². The molecule has 0 aromatic heterocycles. The zero-order valence-electron chi connectivity index (χ0n) is 14.7. The summed E-state index contributed by atoms with van der Waals surface area (Å²) in [7, 11) is -3.89. The third kappa shape index (κ3) is 3.90. The summed E-state index contributed by atoms with van der Waals surface area (Å²) in [6.45, 7) is 5.49. The lowest BCUT2D eigenvalue weighted by Crippen LogP contribution is -2.28. The molecule has 2 aromatic carbocycles. The molecule has 1 aliphatic heterocycles. The van der Waals surface area contributed by atoms with E-state index in [-0.39, 0.29) is 4.90 Å². The molecule has 26 heavy (non-hydrogen) atoms. The Morgan fingerprint density at radius 3 is 2.54 bits per heavy atom. The molecule has 0 spiro atoms. The zero-order valence-corrected chi connectivity index (χ0v) is 16.2. The average Bonchev–Trinajstić information content (AvgIpc) is 2.91. The van der Waals surface area contributed by atoms with Crippen LogP contribution in [0.25, 0.3) is 0 Å². The average molecular weight is 395 g/mol. The number of aryl methyl sites for hydroxylation is 1. The predicted molar refractivity (Wildman–Crippen MR) is 107 cm³/mol. The lowest BCUT2D eigenvalue weighted by atomic mass is 10.2. The quantitative estimate of drug-likeness (QED) is 0.615. The van der Waals surface area contributed by atoms with Crippen molar-refractivity contribution in [3.05, 3.63) is 48.0 Å². The third-order valence-electron chi connectivity index (χ3n) is 4.43. The molecule has 8 heteroatoms. The molecule has 3 rings (SSSR count). The molecule has 1 fully saturated rings. The van der Waals surface area contributed by atoms with Gasteiger partial charge in [-0.05, 0) is 50.2 Å². The van der Waals surface area contributed by atoms with Gasteiger partial charge in [-0.3, -0.25) is 0 Å². The fourth-order valence-corrected chi connectivity index (χ4v) is 4.41. The Morgan fingerprint density at radius 1 is 1.12 bits per heavy atom. The van der Waals surface area contributed by atoms with Crippen molar-refractivity contribution in [3.8, 4) is 0 Å². The maximum absolute atomic E-state index is 12.8. The number of nitrogen functional groups attached to an aromatic ring is 1. The molecule has 1 aliphatic rings. The van der Waals surface area contributed by atoms with Crippen molar-refractivity contribution in [2.45, 2.75) is 18.2 Å². The van der Waals surface area contributed by atoms with Gasteiger partial charge in [0, 0.05) is 31.4 Å². The molecule has 1 heterocycles. The molecule has 6 nitrogen and oxygen atoms in total. The summed E-state index contributed by atoms with van der Waals surface area (Å²) in [6, 6.07) is 11.8. The molecular weight excluding hydrogens is 372 g/mol. The SMILES string of the molecule is Cc1ccc(N(Cl)S(=O)(=O)c2ccc(N3CCCNCC3)c(N)c2)cc1. The number of hydrogen-bond acceptors (Lipinski definition) is 5. The molecule has 0 aliphatic carbocycles. The van der Waals surface area contributed by atoms with Crippen LogP contribution in [0.5, 0.6) is 0 Å². The number of nitrogens with zero attached hydrogens (tertiary/aromatic N) is 2. The highest BCUT2D eigenvalue weighted by Crippen LogP contribution is 2.31.